The van der Waals surface area contributed by atoms with Crippen LogP contribution in [0.4, 0.5) is 137 Å². The molecule has 0 aliphatic carbocycles. The van der Waals surface area contributed by atoms with Crippen LogP contribution in [0.15, 0.2) is 124 Å². The fraction of sp³-hybridized carbons (Fsp3) is 0.242. The van der Waals surface area contributed by atoms with E-state index in [1.807, 2.05) is 5.32 Å². The molecule has 47 heteroatoms. The molecule has 18 nitrogen and oxygen atoms in total. The maximum Gasteiger partial charge on any atom is 0.586 e. The van der Waals surface area contributed by atoms with E-state index >= 15 is 4.39 Å². The zero-order valence-corrected chi connectivity index (χ0v) is 56.6. The van der Waals surface area contributed by atoms with Gasteiger partial charge in [0, 0.05) is 44.3 Å². The molecule has 109 heavy (non-hydrogen) atoms. The molecule has 0 bridgehead atoms. The number of nitrogens with one attached hydrogen (secondary N) is 3. The third kappa shape index (κ3) is 19.2. The van der Waals surface area contributed by atoms with Gasteiger partial charge in [0.25, 0.3) is 23.0 Å². The Morgan fingerprint density at radius 2 is 0.844 bits per heavy atom. The maximum absolute atomic E-state index is 15.7. The number of carbonyl (C=O) groups is 5. The van der Waals surface area contributed by atoms with E-state index in [1.165, 1.54) is 31.2 Å². The highest BCUT2D eigenvalue weighted by Gasteiger charge is 2.75. The van der Waals surface area contributed by atoms with E-state index in [0.717, 1.165) is 71.6 Å². The van der Waals surface area contributed by atoms with Gasteiger partial charge < -0.3 is 63.9 Å². The van der Waals surface area contributed by atoms with Crippen molar-refractivity contribution in [3.63, 3.8) is 0 Å². The van der Waals surface area contributed by atoms with Gasteiger partial charge in [-0.25, -0.2) is 22.4 Å². The van der Waals surface area contributed by atoms with Gasteiger partial charge in [0.1, 0.15) is 0 Å². The Morgan fingerprint density at radius 1 is 0.495 bits per heavy atom. The van der Waals surface area contributed by atoms with Crippen molar-refractivity contribution in [1.82, 2.24) is 0 Å². The fourth-order valence-corrected chi connectivity index (χ4v) is 10.5. The lowest BCUT2D eigenvalue weighted by atomic mass is 9.93. The summed E-state index contributed by atoms with van der Waals surface area (Å²) in [4.78, 5) is 60.7. The van der Waals surface area contributed by atoms with Crippen molar-refractivity contribution in [2.45, 2.75) is 82.0 Å². The number of ether oxygens (including phenoxy) is 8. The van der Waals surface area contributed by atoms with E-state index in [4.69, 9.17) is 16.7 Å². The molecule has 0 aromatic heterocycles. The van der Waals surface area contributed by atoms with E-state index in [2.05, 4.69) is 75.1 Å². The van der Waals surface area contributed by atoms with Gasteiger partial charge in [-0.05, 0) is 160 Å². The molecule has 3 aliphatic heterocycles. The summed E-state index contributed by atoms with van der Waals surface area (Å²) in [5.41, 5.74) is -21.0. The van der Waals surface area contributed by atoms with Gasteiger partial charge >= 0.3 is 74.1 Å². The van der Waals surface area contributed by atoms with Crippen LogP contribution >= 0.6 is 43.5 Å². The first-order valence-corrected chi connectivity index (χ1v) is 30.7. The van der Waals surface area contributed by atoms with Crippen molar-refractivity contribution in [1.29, 1.82) is 0 Å². The highest BCUT2D eigenvalue weighted by atomic mass is 79.9. The quantitative estimate of drug-likeness (QED) is 0.0492. The largest absolute Gasteiger partial charge is 0.586 e. The minimum Gasteiger partial charge on any atom is -0.478 e. The minimum atomic E-state index is -6.63. The van der Waals surface area contributed by atoms with Crippen LogP contribution in [0.3, 0.4) is 0 Å². The maximum atomic E-state index is 15.7. The molecular weight excluding hydrogens is 1710 g/mol. The number of hydrogen-bond donors (Lipinski definition) is 4. The molecule has 3 amide bonds. The summed E-state index contributed by atoms with van der Waals surface area (Å²) in [6, 6.07) is 15.4. The number of benzene rings is 7. The summed E-state index contributed by atoms with van der Waals surface area (Å²) in [6.45, 7) is -4.75. The number of aromatic carboxylic acids is 1. The van der Waals surface area contributed by atoms with Crippen LogP contribution in [0, 0.1) is 11.6 Å². The predicted molar refractivity (Wildman–Crippen MR) is 327 cm³/mol. The third-order valence-electron chi connectivity index (χ3n) is 14.0. The lowest BCUT2D eigenvalue weighted by molar-refractivity contribution is -0.349. The van der Waals surface area contributed by atoms with Crippen molar-refractivity contribution < 1.29 is 181 Å². The molecule has 10 rings (SSSR count). The monoisotopic (exact) mass is 1750 g/mol. The van der Waals surface area contributed by atoms with E-state index in [9.17, 15) is 134 Å². The number of hydrogen-bond acceptors (Lipinski definition) is 14. The molecule has 3 heterocycles. The molecule has 590 valence electrons. The molecular formula is C62H35Br2ClF26N4O14. The SMILES string of the molecule is CCN(C(=O)c1ccc2c(c1)OC(F)(F)O2)c1cccc(C(=O)Nc2c(Br)cc(C(F)(C(F)(F)F)C(F)(F)F)cc2OC(F)F)c1F.CCNc1cccc(C(=O)Nc2c(Br)cc(C(F)(C(F)(F)F)C(F)(F)F)cc2OC(F)F)c1F.O=C(Cl)c1ccc2c(c1)OC(F)(F)O2.O=C(O)c1ccc2c(c1)OC(F)(F)O2. The number of amides is 3. The van der Waals surface area contributed by atoms with Crippen LogP contribution in [0.5, 0.6) is 46.0 Å². The number of fused-ring (bicyclic) bond motifs is 3. The molecule has 0 saturated heterocycles. The lowest BCUT2D eigenvalue weighted by Gasteiger charge is -2.31. The number of carboxylic acid groups (broad SMARTS) is 1. The predicted octanol–water partition coefficient (Wildman–Crippen LogP) is 20.0. The average Bonchev–Trinajstić information content (AvgIpc) is 1.52. The summed E-state index contributed by atoms with van der Waals surface area (Å²) in [7, 11) is 0. The standard InChI is InChI=1S/C27H15BrF12N2O5.C19H13BrF10N2O2.C8H3ClF2O3.C8H4F2O4/c1-2-42(22(44)11-6-7-16-17(8-11)47-27(39,40)46-16)15-5-3-4-13(19(15)29)21(43)41-20-14(28)9-12(10-18(20)45-23(30)31)24(32,25(33,34)35)26(36,37)38;1-2-31-11-5-3-4-9(13(11)21)15(33)32-14-10(20)6-8(7-12(14)34-16(22)23)17(24,18(25,26)27)19(28,29)30;9-7(12)4-1-2-5-6(3-4)14-8(10,11)13-5;9-8(10)13-5-2-1-4(7(11)12)3-6(5)14-8/h3-10,23H,2H2,1H3,(H,41,43);3-7,16,31H,2H2,1H3,(H,32,33);1-3H;1-3H,(H,11,12). The Balaban J connectivity index is 0.000000228. The molecule has 3 aliphatic rings. The molecule has 4 N–H and O–H groups in total. The van der Waals surface area contributed by atoms with Crippen LogP contribution in [0.2, 0.25) is 0 Å². The first kappa shape index (κ1) is 86.0. The lowest BCUT2D eigenvalue weighted by Crippen LogP contribution is -2.50. The van der Waals surface area contributed by atoms with Gasteiger partial charge in [-0.15, -0.1) is 26.3 Å². The number of alkyl halides is 24. The second-order valence-electron chi connectivity index (χ2n) is 21.1. The van der Waals surface area contributed by atoms with Crippen LogP contribution < -0.4 is 58.7 Å². The Kier molecular flexibility index (Phi) is 25.3. The van der Waals surface area contributed by atoms with E-state index in [1.54, 1.807) is 12.2 Å². The molecule has 0 unspecified atom stereocenters. The van der Waals surface area contributed by atoms with Crippen LogP contribution in [-0.4, -0.2) is 104 Å². The van der Waals surface area contributed by atoms with Crippen molar-refractivity contribution in [2.24, 2.45) is 0 Å². The minimum absolute atomic E-state index is 0.0136. The molecule has 0 saturated carbocycles. The fourth-order valence-electron chi connectivity index (χ4n) is 9.27. The number of anilines is 4. The number of nitrogens with zero attached hydrogens (tertiary/aromatic N) is 1. The van der Waals surface area contributed by atoms with Gasteiger partial charge in [0.05, 0.1) is 39.4 Å². The van der Waals surface area contributed by atoms with Crippen molar-refractivity contribution in [3.8, 4) is 46.0 Å². The smallest absolute Gasteiger partial charge is 0.478 e. The summed E-state index contributed by atoms with van der Waals surface area (Å²) in [5.74, 6) is -12.2. The first-order chi connectivity index (χ1) is 50.1. The summed E-state index contributed by atoms with van der Waals surface area (Å²) in [6.07, 6.45) is -37.7. The molecule has 0 atom stereocenters. The van der Waals surface area contributed by atoms with Crippen LogP contribution in [0.1, 0.15) is 76.8 Å². The van der Waals surface area contributed by atoms with Crippen LogP contribution in [0.25, 0.3) is 0 Å². The number of carboxylic acids is 1. The normalized spacial score (nSPS) is 14.4. The molecule has 0 spiro atoms. The highest BCUT2D eigenvalue weighted by Crippen LogP contribution is 2.57. The summed E-state index contributed by atoms with van der Waals surface area (Å²) >= 11 is 10.2. The van der Waals surface area contributed by atoms with Crippen molar-refractivity contribution in [3.05, 3.63) is 175 Å². The second-order valence-corrected chi connectivity index (χ2v) is 23.1. The van der Waals surface area contributed by atoms with Gasteiger partial charge in [-0.3, -0.25) is 19.2 Å². The number of carbonyl (C=O) groups excluding carboxylic acids is 4. The van der Waals surface area contributed by atoms with Gasteiger partial charge in [0.2, 0.25) is 0 Å². The van der Waals surface area contributed by atoms with Crippen molar-refractivity contribution in [2.75, 3.05) is 33.9 Å². The first-order valence-electron chi connectivity index (χ1n) is 28.7. The van der Waals surface area contributed by atoms with Gasteiger partial charge in [-0.2, -0.15) is 70.2 Å². The van der Waals surface area contributed by atoms with E-state index < -0.39 is 180 Å². The van der Waals surface area contributed by atoms with Gasteiger partial charge in [-0.1, -0.05) is 12.1 Å². The van der Waals surface area contributed by atoms with Crippen molar-refractivity contribution >= 4 is 95.1 Å². The van der Waals surface area contributed by atoms with E-state index in [-0.39, 0.29) is 82.7 Å². The van der Waals surface area contributed by atoms with E-state index in [0.29, 0.717) is 0 Å². The number of halogens is 29. The Hall–Kier alpha value is -10.3. The topological polar surface area (TPSA) is 219 Å². The summed E-state index contributed by atoms with van der Waals surface area (Å²) < 4.78 is 377. The Bertz CT molecular complexity index is 4520. The second kappa shape index (κ2) is 32.1. The zero-order chi connectivity index (χ0) is 82.0. The Morgan fingerprint density at radius 3 is 1.20 bits per heavy atom. The third-order valence-corrected chi connectivity index (χ3v) is 15.5. The highest BCUT2D eigenvalue weighted by molar-refractivity contribution is 9.11. The zero-order valence-electron chi connectivity index (χ0n) is 52.7. The molecule has 0 radical (unpaired) electrons. The molecule has 7 aromatic rings. The number of rotatable bonds is 17. The summed E-state index contributed by atoms with van der Waals surface area (Å²) in [5, 5.41) is 14.1. The molecule has 0 fully saturated rings. The van der Waals surface area contributed by atoms with Gasteiger partial charge in [0.15, 0.2) is 57.6 Å². The van der Waals surface area contributed by atoms with Crippen LogP contribution in [-0.2, 0) is 11.3 Å². The average molecular weight is 1750 g/mol. The molecule has 7 aromatic carbocycles. The Labute approximate surface area is 610 Å².